The molecule has 0 amide bonds. The second-order valence-corrected chi connectivity index (χ2v) is 5.04. The van der Waals surface area contributed by atoms with Crippen molar-refractivity contribution >= 4 is 12.4 Å². The van der Waals surface area contributed by atoms with E-state index in [9.17, 15) is 0 Å². The zero-order chi connectivity index (χ0) is 10.8. The van der Waals surface area contributed by atoms with E-state index in [2.05, 4.69) is 38.1 Å². The molecule has 1 aromatic rings. The third-order valence-electron chi connectivity index (χ3n) is 3.62. The second-order valence-electron chi connectivity index (χ2n) is 5.04. The SMILES string of the molecule is CC(C)c1cccc([C@H](N)C2CCC2)c1.Cl. The van der Waals surface area contributed by atoms with Crippen molar-refractivity contribution in [1.29, 1.82) is 0 Å². The lowest BCUT2D eigenvalue weighted by Gasteiger charge is -2.31. The van der Waals surface area contributed by atoms with Crippen molar-refractivity contribution in [3.8, 4) is 0 Å². The van der Waals surface area contributed by atoms with Crippen LogP contribution in [-0.4, -0.2) is 0 Å². The summed E-state index contributed by atoms with van der Waals surface area (Å²) in [6.07, 6.45) is 3.99. The van der Waals surface area contributed by atoms with Crippen LogP contribution in [0.25, 0.3) is 0 Å². The molecule has 0 aromatic heterocycles. The highest BCUT2D eigenvalue weighted by atomic mass is 35.5. The van der Waals surface area contributed by atoms with E-state index in [0.29, 0.717) is 5.92 Å². The summed E-state index contributed by atoms with van der Waals surface area (Å²) in [6.45, 7) is 4.46. The number of rotatable bonds is 3. The molecular formula is C14H22ClN. The van der Waals surface area contributed by atoms with Gasteiger partial charge in [-0.2, -0.15) is 0 Å². The van der Waals surface area contributed by atoms with Crippen molar-refractivity contribution in [1.82, 2.24) is 0 Å². The molecule has 2 rings (SSSR count). The molecule has 1 aliphatic rings. The highest BCUT2D eigenvalue weighted by Crippen LogP contribution is 2.36. The quantitative estimate of drug-likeness (QED) is 0.847. The standard InChI is InChI=1S/C14H21N.ClH/c1-10(2)12-7-4-8-13(9-12)14(15)11-5-3-6-11;/h4,7-11,14H,3,5-6,15H2,1-2H3;1H/t14-;/m1./s1. The minimum Gasteiger partial charge on any atom is -0.324 e. The van der Waals surface area contributed by atoms with Crippen LogP contribution in [0.4, 0.5) is 0 Å². The maximum atomic E-state index is 6.27. The predicted molar refractivity (Wildman–Crippen MR) is 72.0 cm³/mol. The molecule has 1 aromatic carbocycles. The summed E-state index contributed by atoms with van der Waals surface area (Å²) in [5, 5.41) is 0. The van der Waals surface area contributed by atoms with Crippen LogP contribution in [0, 0.1) is 5.92 Å². The van der Waals surface area contributed by atoms with Gasteiger partial charge in [0.05, 0.1) is 0 Å². The van der Waals surface area contributed by atoms with Crippen molar-refractivity contribution in [3.05, 3.63) is 35.4 Å². The fourth-order valence-corrected chi connectivity index (χ4v) is 2.20. The Labute approximate surface area is 105 Å². The van der Waals surface area contributed by atoms with Gasteiger partial charge in [0.2, 0.25) is 0 Å². The highest BCUT2D eigenvalue weighted by molar-refractivity contribution is 5.85. The molecule has 0 bridgehead atoms. The lowest BCUT2D eigenvalue weighted by molar-refractivity contribution is 0.264. The Hall–Kier alpha value is -0.530. The van der Waals surface area contributed by atoms with Crippen molar-refractivity contribution < 1.29 is 0 Å². The third-order valence-corrected chi connectivity index (χ3v) is 3.62. The van der Waals surface area contributed by atoms with Crippen LogP contribution in [-0.2, 0) is 0 Å². The van der Waals surface area contributed by atoms with Crippen LogP contribution in [0.15, 0.2) is 24.3 Å². The van der Waals surface area contributed by atoms with Crippen LogP contribution in [0.3, 0.4) is 0 Å². The molecule has 0 radical (unpaired) electrons. The van der Waals surface area contributed by atoms with Gasteiger partial charge in [-0.3, -0.25) is 0 Å². The number of hydrogen-bond acceptors (Lipinski definition) is 1. The Balaban J connectivity index is 0.00000128. The Morgan fingerprint density at radius 1 is 1.19 bits per heavy atom. The summed E-state index contributed by atoms with van der Waals surface area (Å²) in [6, 6.07) is 9.06. The molecule has 1 saturated carbocycles. The normalized spacial score (nSPS) is 17.8. The van der Waals surface area contributed by atoms with Crippen LogP contribution >= 0.6 is 12.4 Å². The highest BCUT2D eigenvalue weighted by Gasteiger charge is 2.25. The predicted octanol–water partition coefficient (Wildman–Crippen LogP) is 4.03. The lowest BCUT2D eigenvalue weighted by atomic mass is 9.77. The van der Waals surface area contributed by atoms with E-state index in [1.165, 1.54) is 30.4 Å². The average molecular weight is 240 g/mol. The molecule has 16 heavy (non-hydrogen) atoms. The molecule has 0 unspecified atom stereocenters. The van der Waals surface area contributed by atoms with E-state index in [0.717, 1.165) is 5.92 Å². The largest absolute Gasteiger partial charge is 0.324 e. The fourth-order valence-electron chi connectivity index (χ4n) is 2.20. The summed E-state index contributed by atoms with van der Waals surface area (Å²) < 4.78 is 0. The van der Waals surface area contributed by atoms with Gasteiger partial charge in [-0.25, -0.2) is 0 Å². The zero-order valence-corrected chi connectivity index (χ0v) is 11.0. The first-order chi connectivity index (χ1) is 7.18. The Kier molecular flexibility index (Phi) is 4.82. The van der Waals surface area contributed by atoms with E-state index in [4.69, 9.17) is 5.73 Å². The molecule has 0 spiro atoms. The molecule has 1 nitrogen and oxygen atoms in total. The Morgan fingerprint density at radius 2 is 1.81 bits per heavy atom. The topological polar surface area (TPSA) is 26.0 Å². The maximum Gasteiger partial charge on any atom is 0.0323 e. The van der Waals surface area contributed by atoms with Crippen LogP contribution in [0.2, 0.25) is 0 Å². The van der Waals surface area contributed by atoms with Gasteiger partial charge in [0.25, 0.3) is 0 Å². The molecule has 2 N–H and O–H groups in total. The van der Waals surface area contributed by atoms with Crippen molar-refractivity contribution in [2.24, 2.45) is 11.7 Å². The van der Waals surface area contributed by atoms with Gasteiger partial charge in [0.1, 0.15) is 0 Å². The van der Waals surface area contributed by atoms with Crippen molar-refractivity contribution in [3.63, 3.8) is 0 Å². The summed E-state index contributed by atoms with van der Waals surface area (Å²) in [5.74, 6) is 1.32. The van der Waals surface area contributed by atoms with E-state index < -0.39 is 0 Å². The van der Waals surface area contributed by atoms with E-state index >= 15 is 0 Å². The maximum absolute atomic E-state index is 6.27. The van der Waals surface area contributed by atoms with Gasteiger partial charge in [0.15, 0.2) is 0 Å². The van der Waals surface area contributed by atoms with Crippen LogP contribution in [0.1, 0.15) is 56.2 Å². The van der Waals surface area contributed by atoms with E-state index in [1.54, 1.807) is 0 Å². The molecule has 2 heteroatoms. The molecule has 0 aliphatic heterocycles. The van der Waals surface area contributed by atoms with Crippen molar-refractivity contribution in [2.45, 2.75) is 45.1 Å². The Morgan fingerprint density at radius 3 is 2.31 bits per heavy atom. The monoisotopic (exact) mass is 239 g/mol. The number of hydrogen-bond donors (Lipinski definition) is 1. The van der Waals surface area contributed by atoms with Gasteiger partial charge in [-0.1, -0.05) is 44.5 Å². The van der Waals surface area contributed by atoms with Gasteiger partial charge in [-0.05, 0) is 35.8 Å². The molecule has 0 saturated heterocycles. The summed E-state index contributed by atoms with van der Waals surface area (Å²) in [7, 11) is 0. The van der Waals surface area contributed by atoms with Crippen LogP contribution in [0.5, 0.6) is 0 Å². The average Bonchev–Trinajstić information content (AvgIpc) is 2.15. The van der Waals surface area contributed by atoms with Gasteiger partial charge < -0.3 is 5.73 Å². The first-order valence-corrected chi connectivity index (χ1v) is 6.04. The third kappa shape index (κ3) is 2.78. The minimum atomic E-state index is 0. The molecule has 90 valence electrons. The van der Waals surface area contributed by atoms with Gasteiger partial charge >= 0.3 is 0 Å². The number of halogens is 1. The van der Waals surface area contributed by atoms with Crippen molar-refractivity contribution in [2.75, 3.05) is 0 Å². The number of nitrogens with two attached hydrogens (primary N) is 1. The van der Waals surface area contributed by atoms with E-state index in [-0.39, 0.29) is 18.4 Å². The van der Waals surface area contributed by atoms with E-state index in [1.807, 2.05) is 0 Å². The minimum absolute atomic E-state index is 0. The zero-order valence-electron chi connectivity index (χ0n) is 10.1. The number of benzene rings is 1. The summed E-state index contributed by atoms with van der Waals surface area (Å²) >= 11 is 0. The lowest BCUT2D eigenvalue weighted by Crippen LogP contribution is -2.26. The smallest absolute Gasteiger partial charge is 0.0323 e. The summed E-state index contributed by atoms with van der Waals surface area (Å²) in [4.78, 5) is 0. The van der Waals surface area contributed by atoms with Gasteiger partial charge in [0, 0.05) is 6.04 Å². The molecule has 1 aliphatic carbocycles. The first-order valence-electron chi connectivity index (χ1n) is 6.04. The van der Waals surface area contributed by atoms with Gasteiger partial charge in [-0.15, -0.1) is 12.4 Å². The van der Waals surface area contributed by atoms with Crippen LogP contribution < -0.4 is 5.73 Å². The summed E-state index contributed by atoms with van der Waals surface area (Å²) in [5.41, 5.74) is 9.00. The molecular weight excluding hydrogens is 218 g/mol. The second kappa shape index (κ2) is 5.70. The first kappa shape index (κ1) is 13.5. The Bertz CT molecular complexity index is 331. The molecule has 0 heterocycles. The fraction of sp³-hybridized carbons (Fsp3) is 0.571. The molecule has 1 fully saturated rings. The molecule has 1 atom stereocenters.